The fraction of sp³-hybridized carbons (Fsp3) is 0.348. The van der Waals surface area contributed by atoms with Gasteiger partial charge in [0.05, 0.1) is 31.5 Å². The highest BCUT2D eigenvalue weighted by atomic mass is 19.1. The summed E-state index contributed by atoms with van der Waals surface area (Å²) in [5.74, 6) is -0.0455. The molecule has 5 rings (SSSR count). The topological polar surface area (TPSA) is 120 Å². The lowest BCUT2D eigenvalue weighted by Gasteiger charge is -2.23. The Kier molecular flexibility index (Phi) is 6.28. The molecule has 0 spiro atoms. The molecule has 11 heteroatoms. The summed E-state index contributed by atoms with van der Waals surface area (Å²) in [6.45, 7) is 1.17. The number of halogens is 1. The van der Waals surface area contributed by atoms with Crippen LogP contribution in [0.25, 0.3) is 16.9 Å². The Morgan fingerprint density at radius 3 is 2.85 bits per heavy atom. The summed E-state index contributed by atoms with van der Waals surface area (Å²) < 4.78 is 26.1. The molecule has 1 atom stereocenters. The van der Waals surface area contributed by atoms with E-state index in [4.69, 9.17) is 9.47 Å². The van der Waals surface area contributed by atoms with Gasteiger partial charge in [-0.05, 0) is 42.7 Å². The van der Waals surface area contributed by atoms with Gasteiger partial charge in [-0.2, -0.15) is 9.61 Å². The third-order valence-electron chi connectivity index (χ3n) is 5.86. The fourth-order valence-electron chi connectivity index (χ4n) is 4.02. The summed E-state index contributed by atoms with van der Waals surface area (Å²) in [6.07, 6.45) is 5.17. The van der Waals surface area contributed by atoms with Gasteiger partial charge in [0.15, 0.2) is 23.0 Å². The van der Waals surface area contributed by atoms with Crippen LogP contribution in [0.1, 0.15) is 30.1 Å². The zero-order chi connectivity index (χ0) is 23.5. The van der Waals surface area contributed by atoms with E-state index in [0.29, 0.717) is 28.7 Å². The number of anilines is 1. The number of rotatable bonds is 7. The Labute approximate surface area is 194 Å². The maximum Gasteiger partial charge on any atom is 0.223 e. The lowest BCUT2D eigenvalue weighted by atomic mass is 9.99. The molecule has 1 aliphatic rings. The van der Waals surface area contributed by atoms with Crippen LogP contribution in [0.3, 0.4) is 0 Å². The molecular formula is C23H24FN7O3. The molecule has 0 aliphatic carbocycles. The van der Waals surface area contributed by atoms with Gasteiger partial charge < -0.3 is 19.9 Å². The van der Waals surface area contributed by atoms with Crippen LogP contribution in [0.15, 0.2) is 42.7 Å². The lowest BCUT2D eigenvalue weighted by Crippen LogP contribution is -2.28. The number of hydrogen-bond donors (Lipinski definition) is 2. The van der Waals surface area contributed by atoms with Crippen LogP contribution < -0.4 is 10.1 Å². The number of aliphatic hydroxyl groups excluding tert-OH is 1. The average molecular weight is 465 g/mol. The van der Waals surface area contributed by atoms with Crippen molar-refractivity contribution >= 4 is 11.6 Å². The van der Waals surface area contributed by atoms with E-state index in [-0.39, 0.29) is 18.4 Å². The molecule has 1 saturated heterocycles. The number of benzene rings is 1. The number of methoxy groups -OCH3 is 1. The number of nitrogens with zero attached hydrogens (tertiary/aromatic N) is 6. The van der Waals surface area contributed by atoms with E-state index in [2.05, 4.69) is 30.6 Å². The molecule has 0 amide bonds. The van der Waals surface area contributed by atoms with Gasteiger partial charge in [-0.15, -0.1) is 10.2 Å². The van der Waals surface area contributed by atoms with Crippen molar-refractivity contribution in [3.8, 4) is 17.0 Å². The smallest absolute Gasteiger partial charge is 0.223 e. The molecule has 0 saturated carbocycles. The molecule has 34 heavy (non-hydrogen) atoms. The van der Waals surface area contributed by atoms with Crippen LogP contribution in [-0.2, 0) is 4.74 Å². The van der Waals surface area contributed by atoms with E-state index >= 15 is 0 Å². The van der Waals surface area contributed by atoms with Gasteiger partial charge in [0.1, 0.15) is 0 Å². The number of fused-ring (bicyclic) bond motifs is 1. The lowest BCUT2D eigenvalue weighted by molar-refractivity contribution is 0.0903. The molecule has 0 bridgehead atoms. The predicted octanol–water partition coefficient (Wildman–Crippen LogP) is 2.44. The minimum absolute atomic E-state index is 0.129. The second kappa shape index (κ2) is 9.65. The second-order valence-corrected chi connectivity index (χ2v) is 8.00. The van der Waals surface area contributed by atoms with Gasteiger partial charge in [-0.25, -0.2) is 14.4 Å². The van der Waals surface area contributed by atoms with E-state index in [1.807, 2.05) is 6.07 Å². The number of aliphatic hydroxyl groups is 1. The van der Waals surface area contributed by atoms with Gasteiger partial charge in [0.2, 0.25) is 5.95 Å². The highest BCUT2D eigenvalue weighted by Crippen LogP contribution is 2.28. The van der Waals surface area contributed by atoms with Gasteiger partial charge in [0.25, 0.3) is 0 Å². The summed E-state index contributed by atoms with van der Waals surface area (Å²) >= 11 is 0. The molecule has 4 heterocycles. The number of nitrogens with one attached hydrogen (secondary N) is 1. The first-order chi connectivity index (χ1) is 16.7. The molecule has 1 aromatic carbocycles. The summed E-state index contributed by atoms with van der Waals surface area (Å²) in [5, 5.41) is 26.3. The van der Waals surface area contributed by atoms with Gasteiger partial charge in [-0.3, -0.25) is 0 Å². The zero-order valence-electron chi connectivity index (χ0n) is 18.6. The third kappa shape index (κ3) is 4.39. The van der Waals surface area contributed by atoms with E-state index in [9.17, 15) is 9.50 Å². The van der Waals surface area contributed by atoms with Crippen LogP contribution >= 0.6 is 0 Å². The maximum atomic E-state index is 14.2. The van der Waals surface area contributed by atoms with E-state index < -0.39 is 11.7 Å². The van der Waals surface area contributed by atoms with Gasteiger partial charge in [-0.1, -0.05) is 6.07 Å². The fourth-order valence-corrected chi connectivity index (χ4v) is 4.02. The first-order valence-corrected chi connectivity index (χ1v) is 11.0. The van der Waals surface area contributed by atoms with Crippen LogP contribution in [0.4, 0.5) is 10.3 Å². The van der Waals surface area contributed by atoms with Crippen LogP contribution in [-0.4, -0.2) is 67.9 Å². The van der Waals surface area contributed by atoms with Crippen molar-refractivity contribution in [1.82, 2.24) is 29.8 Å². The van der Waals surface area contributed by atoms with Crippen molar-refractivity contribution in [2.45, 2.75) is 24.8 Å². The number of hydrogen-bond acceptors (Lipinski definition) is 9. The van der Waals surface area contributed by atoms with Crippen LogP contribution in [0.5, 0.6) is 5.75 Å². The molecular weight excluding hydrogens is 441 g/mol. The molecule has 4 aromatic rings. The SMILES string of the molecule is COc1ccc(C(CO)c2nnc3cc(-c4ccnc(NC5CCOCC5)n4)cnn23)cc1F. The molecule has 0 radical (unpaired) electrons. The third-order valence-corrected chi connectivity index (χ3v) is 5.86. The number of aromatic nitrogens is 6. The van der Waals surface area contributed by atoms with Crippen LogP contribution in [0.2, 0.25) is 0 Å². The first-order valence-electron chi connectivity index (χ1n) is 11.0. The average Bonchev–Trinajstić information content (AvgIpc) is 3.28. The maximum absolute atomic E-state index is 14.2. The largest absolute Gasteiger partial charge is 0.494 e. The van der Waals surface area contributed by atoms with E-state index in [0.717, 1.165) is 31.6 Å². The minimum atomic E-state index is -0.608. The Balaban J connectivity index is 1.42. The van der Waals surface area contributed by atoms with Crippen LogP contribution in [0, 0.1) is 5.82 Å². The van der Waals surface area contributed by atoms with E-state index in [1.54, 1.807) is 24.5 Å². The van der Waals surface area contributed by atoms with Crippen molar-refractivity contribution in [3.05, 3.63) is 59.9 Å². The normalized spacial score (nSPS) is 15.4. The second-order valence-electron chi connectivity index (χ2n) is 8.00. The van der Waals surface area contributed by atoms with Crippen molar-refractivity contribution in [2.75, 3.05) is 32.2 Å². The summed E-state index contributed by atoms with van der Waals surface area (Å²) in [5.41, 5.74) is 2.47. The Morgan fingerprint density at radius 2 is 2.09 bits per heavy atom. The molecule has 1 fully saturated rings. The van der Waals surface area contributed by atoms with Crippen molar-refractivity contribution in [2.24, 2.45) is 0 Å². The highest BCUT2D eigenvalue weighted by molar-refractivity contribution is 5.63. The Morgan fingerprint density at radius 1 is 1.24 bits per heavy atom. The van der Waals surface area contributed by atoms with E-state index in [1.165, 1.54) is 23.8 Å². The van der Waals surface area contributed by atoms with Crippen molar-refractivity contribution in [3.63, 3.8) is 0 Å². The summed E-state index contributed by atoms with van der Waals surface area (Å²) in [6, 6.07) is 8.42. The summed E-state index contributed by atoms with van der Waals surface area (Å²) in [7, 11) is 1.40. The first kappa shape index (κ1) is 22.1. The van der Waals surface area contributed by atoms with Crippen molar-refractivity contribution in [1.29, 1.82) is 0 Å². The quantitative estimate of drug-likeness (QED) is 0.424. The molecule has 2 N–H and O–H groups in total. The molecule has 10 nitrogen and oxygen atoms in total. The number of ether oxygens (including phenoxy) is 2. The summed E-state index contributed by atoms with van der Waals surface area (Å²) in [4.78, 5) is 8.95. The molecule has 1 aliphatic heterocycles. The highest BCUT2D eigenvalue weighted by Gasteiger charge is 2.22. The van der Waals surface area contributed by atoms with Gasteiger partial charge >= 0.3 is 0 Å². The molecule has 176 valence electrons. The molecule has 3 aromatic heterocycles. The molecule has 1 unspecified atom stereocenters. The van der Waals surface area contributed by atoms with Gasteiger partial charge in [0, 0.05) is 31.0 Å². The zero-order valence-corrected chi connectivity index (χ0v) is 18.6. The Bertz CT molecular complexity index is 1290. The predicted molar refractivity (Wildman–Crippen MR) is 121 cm³/mol. The standard InChI is InChI=1S/C23H24FN7O3/c1-33-20-3-2-14(10-18(20)24)17(13-32)22-30-29-21-11-15(12-26-31(21)22)19-4-7-25-23(28-19)27-16-5-8-34-9-6-16/h2-4,7,10-12,16-17,32H,5-6,8-9,13H2,1H3,(H,25,27,28). The Hall–Kier alpha value is -3.70. The monoisotopic (exact) mass is 465 g/mol. The van der Waals surface area contributed by atoms with Crippen molar-refractivity contribution < 1.29 is 19.0 Å². The minimum Gasteiger partial charge on any atom is -0.494 e.